The predicted octanol–water partition coefficient (Wildman–Crippen LogP) is 3.64. The molecular weight excluding hydrogens is 468 g/mol. The van der Waals surface area contributed by atoms with Gasteiger partial charge in [-0.1, -0.05) is 6.07 Å². The lowest BCUT2D eigenvalue weighted by Crippen LogP contribution is -2.40. The molecule has 37 heavy (non-hydrogen) atoms. The summed E-state index contributed by atoms with van der Waals surface area (Å²) in [6, 6.07) is 6.89. The number of benzene rings is 1. The van der Waals surface area contributed by atoms with E-state index >= 15 is 0 Å². The monoisotopic (exact) mass is 504 g/mol. The number of hydrogen-bond acceptors (Lipinski definition) is 6. The molecule has 6 rings (SSSR count). The molecule has 1 saturated heterocycles. The molecule has 0 radical (unpaired) electrons. The van der Waals surface area contributed by atoms with Crippen molar-refractivity contribution in [2.75, 3.05) is 31.2 Å². The van der Waals surface area contributed by atoms with Crippen molar-refractivity contribution in [2.45, 2.75) is 64.8 Å². The number of rotatable bonds is 5. The molecule has 9 nitrogen and oxygen atoms in total. The van der Waals surface area contributed by atoms with Crippen LogP contribution in [0, 0.1) is 0 Å². The Hall–Kier alpha value is -3.17. The van der Waals surface area contributed by atoms with Crippen LogP contribution in [0.5, 0.6) is 0 Å². The molecular formula is C28H36N6O3. The van der Waals surface area contributed by atoms with Crippen LogP contribution in [0.25, 0.3) is 11.1 Å². The number of nitrogens with zero attached hydrogens (tertiary/aromatic N) is 6. The molecule has 3 aliphatic rings. The van der Waals surface area contributed by atoms with Gasteiger partial charge in [0, 0.05) is 68.7 Å². The highest BCUT2D eigenvalue weighted by molar-refractivity contribution is 5.76. The van der Waals surface area contributed by atoms with Crippen LogP contribution in [0.4, 0.5) is 11.5 Å². The van der Waals surface area contributed by atoms with Crippen molar-refractivity contribution >= 4 is 17.4 Å². The van der Waals surface area contributed by atoms with Crippen LogP contribution in [0.15, 0.2) is 30.6 Å². The molecule has 0 spiro atoms. The van der Waals surface area contributed by atoms with E-state index in [4.69, 9.17) is 14.6 Å². The zero-order valence-electron chi connectivity index (χ0n) is 22.2. The molecule has 3 aromatic rings. The van der Waals surface area contributed by atoms with E-state index in [9.17, 15) is 4.79 Å². The minimum Gasteiger partial charge on any atom is -0.379 e. The number of fused-ring (bicyclic) bond motifs is 2. The quantitative estimate of drug-likeness (QED) is 0.528. The number of carbonyl (C=O) groups excluding carboxylic acids is 1. The van der Waals surface area contributed by atoms with Crippen LogP contribution < -0.4 is 4.90 Å². The molecule has 1 amide bonds. The first-order valence-corrected chi connectivity index (χ1v) is 13.4. The summed E-state index contributed by atoms with van der Waals surface area (Å²) in [5, 5.41) is 9.60. The Balaban J connectivity index is 1.45. The largest absolute Gasteiger partial charge is 0.379 e. The maximum Gasteiger partial charge on any atom is 0.219 e. The highest BCUT2D eigenvalue weighted by Crippen LogP contribution is 2.41. The van der Waals surface area contributed by atoms with Gasteiger partial charge in [0.05, 0.1) is 44.1 Å². The second-order valence-electron chi connectivity index (χ2n) is 10.8. The normalized spacial score (nSPS) is 21.4. The average Bonchev–Trinajstić information content (AvgIpc) is 3.62. The highest BCUT2D eigenvalue weighted by Gasteiger charge is 2.35. The van der Waals surface area contributed by atoms with Gasteiger partial charge in [0.25, 0.3) is 0 Å². The third-order valence-corrected chi connectivity index (χ3v) is 7.72. The molecule has 1 aromatic carbocycles. The van der Waals surface area contributed by atoms with Gasteiger partial charge in [-0.2, -0.15) is 10.2 Å². The zero-order chi connectivity index (χ0) is 25.7. The molecule has 2 aromatic heterocycles. The number of hydrogen-bond donors (Lipinski definition) is 0. The second-order valence-corrected chi connectivity index (χ2v) is 10.8. The van der Waals surface area contributed by atoms with Gasteiger partial charge in [0.2, 0.25) is 5.91 Å². The number of aryl methyl sites for hydroxylation is 1. The van der Waals surface area contributed by atoms with Crippen molar-refractivity contribution in [1.82, 2.24) is 24.5 Å². The summed E-state index contributed by atoms with van der Waals surface area (Å²) in [6.45, 7) is 9.33. The van der Waals surface area contributed by atoms with E-state index in [1.54, 1.807) is 6.92 Å². The fourth-order valence-electron chi connectivity index (χ4n) is 5.98. The van der Waals surface area contributed by atoms with Gasteiger partial charge in [-0.15, -0.1) is 0 Å². The van der Waals surface area contributed by atoms with Crippen LogP contribution in [0.3, 0.4) is 0 Å². The molecule has 2 atom stereocenters. The van der Waals surface area contributed by atoms with Crippen LogP contribution in [0.1, 0.15) is 50.1 Å². The molecule has 9 heteroatoms. The van der Waals surface area contributed by atoms with Gasteiger partial charge < -0.3 is 19.3 Å². The number of carbonyl (C=O) groups is 1. The van der Waals surface area contributed by atoms with Gasteiger partial charge in [-0.05, 0) is 43.5 Å². The smallest absolute Gasteiger partial charge is 0.219 e. The molecule has 3 aliphatic heterocycles. The van der Waals surface area contributed by atoms with Crippen molar-refractivity contribution in [3.63, 3.8) is 0 Å². The lowest BCUT2D eigenvalue weighted by molar-refractivity contribution is -0.129. The van der Waals surface area contributed by atoms with Gasteiger partial charge >= 0.3 is 0 Å². The third kappa shape index (κ3) is 4.55. The van der Waals surface area contributed by atoms with E-state index in [1.165, 1.54) is 11.3 Å². The van der Waals surface area contributed by atoms with E-state index < -0.39 is 0 Å². The Labute approximate surface area is 217 Å². The minimum atomic E-state index is 0.0414. The second kappa shape index (κ2) is 9.61. The van der Waals surface area contributed by atoms with E-state index in [-0.39, 0.29) is 24.2 Å². The van der Waals surface area contributed by atoms with E-state index in [0.717, 1.165) is 67.2 Å². The number of aromatic nitrogens is 4. The minimum absolute atomic E-state index is 0.0414. The van der Waals surface area contributed by atoms with Crippen molar-refractivity contribution in [3.05, 3.63) is 47.4 Å². The average molecular weight is 505 g/mol. The summed E-state index contributed by atoms with van der Waals surface area (Å²) in [5.74, 6) is 1.05. The van der Waals surface area contributed by atoms with E-state index in [0.29, 0.717) is 13.2 Å². The van der Waals surface area contributed by atoms with Gasteiger partial charge in [0.15, 0.2) is 5.82 Å². The Morgan fingerprint density at radius 3 is 2.81 bits per heavy atom. The Morgan fingerprint density at radius 2 is 2.11 bits per heavy atom. The van der Waals surface area contributed by atoms with E-state index in [2.05, 4.69) is 46.7 Å². The van der Waals surface area contributed by atoms with Gasteiger partial charge in [-0.3, -0.25) is 14.2 Å². The Bertz CT molecular complexity index is 1310. The molecule has 0 bridgehead atoms. The van der Waals surface area contributed by atoms with Crippen LogP contribution in [-0.2, 0) is 40.7 Å². The van der Waals surface area contributed by atoms with Crippen molar-refractivity contribution in [2.24, 2.45) is 7.05 Å². The Kier molecular flexibility index (Phi) is 6.28. The SMILES string of the molecule is CC(=O)N1CCc2c(c(N3CC(OC(C)C)Cc4cc(-c5cnn(C)c5)ccc43)nn2[C@H]2CCOC2)C1. The molecule has 0 aliphatic carbocycles. The first-order valence-electron chi connectivity index (χ1n) is 13.4. The molecule has 5 heterocycles. The van der Waals surface area contributed by atoms with Crippen LogP contribution in [-0.4, -0.2) is 68.9 Å². The summed E-state index contributed by atoms with van der Waals surface area (Å²) in [4.78, 5) is 16.6. The predicted molar refractivity (Wildman–Crippen MR) is 141 cm³/mol. The van der Waals surface area contributed by atoms with Crippen LogP contribution in [0.2, 0.25) is 0 Å². The number of ether oxygens (including phenoxy) is 2. The Morgan fingerprint density at radius 1 is 1.24 bits per heavy atom. The van der Waals surface area contributed by atoms with Crippen LogP contribution >= 0.6 is 0 Å². The summed E-state index contributed by atoms with van der Waals surface area (Å²) in [5.41, 5.74) is 7.04. The summed E-state index contributed by atoms with van der Waals surface area (Å²) in [7, 11) is 1.94. The van der Waals surface area contributed by atoms with Crippen molar-refractivity contribution in [1.29, 1.82) is 0 Å². The highest BCUT2D eigenvalue weighted by atomic mass is 16.5. The lowest BCUT2D eigenvalue weighted by atomic mass is 9.95. The summed E-state index contributed by atoms with van der Waals surface area (Å²) >= 11 is 0. The third-order valence-electron chi connectivity index (χ3n) is 7.72. The summed E-state index contributed by atoms with van der Waals surface area (Å²) < 4.78 is 16.1. The topological polar surface area (TPSA) is 77.7 Å². The zero-order valence-corrected chi connectivity index (χ0v) is 22.2. The van der Waals surface area contributed by atoms with Crippen molar-refractivity contribution in [3.8, 4) is 11.1 Å². The number of amides is 1. The van der Waals surface area contributed by atoms with E-state index in [1.807, 2.05) is 29.0 Å². The first kappa shape index (κ1) is 24.2. The first-order chi connectivity index (χ1) is 17.9. The molecule has 1 fully saturated rings. The molecule has 196 valence electrons. The number of anilines is 2. The van der Waals surface area contributed by atoms with Gasteiger partial charge in [-0.25, -0.2) is 0 Å². The summed E-state index contributed by atoms with van der Waals surface area (Å²) in [6.07, 6.45) is 6.74. The van der Waals surface area contributed by atoms with Gasteiger partial charge in [0.1, 0.15) is 0 Å². The molecule has 1 unspecified atom stereocenters. The fraction of sp³-hybridized carbons (Fsp3) is 0.536. The maximum absolute atomic E-state index is 12.3. The fourth-order valence-corrected chi connectivity index (χ4v) is 5.98. The standard InChI is InChI=1S/C28H36N6O3/c1-18(2)37-24-12-21-11-20(22-13-29-31(4)14-22)5-6-26(21)33(15-24)28-25-16-32(19(3)35)9-7-27(25)34(30-28)23-8-10-36-17-23/h5-6,11,13-14,18,23-24H,7-10,12,15-17H2,1-4H3/t23-,24?/m0/s1. The molecule has 0 N–H and O–H groups in total. The maximum atomic E-state index is 12.3. The lowest BCUT2D eigenvalue weighted by Gasteiger charge is -2.37. The molecule has 0 saturated carbocycles. The van der Waals surface area contributed by atoms with Crippen molar-refractivity contribution < 1.29 is 14.3 Å².